The van der Waals surface area contributed by atoms with Gasteiger partial charge in [0.25, 0.3) is 5.56 Å². The molecular weight excluding hydrogens is 390 g/mol. The summed E-state index contributed by atoms with van der Waals surface area (Å²) in [5.41, 5.74) is 5.66. The van der Waals surface area contributed by atoms with Crippen LogP contribution in [0.1, 0.15) is 58.1 Å². The lowest BCUT2D eigenvalue weighted by atomic mass is 9.79. The summed E-state index contributed by atoms with van der Waals surface area (Å²) in [7, 11) is 0. The number of imidazole rings is 1. The molecule has 5 rings (SSSR count). The molecule has 0 radical (unpaired) electrons. The Balaban J connectivity index is 1.65. The summed E-state index contributed by atoms with van der Waals surface area (Å²) in [6.07, 6.45) is 3.14. The van der Waals surface area contributed by atoms with Crippen LogP contribution >= 0.6 is 11.3 Å². The van der Waals surface area contributed by atoms with E-state index in [0.717, 1.165) is 32.5 Å². The van der Waals surface area contributed by atoms with Crippen LogP contribution in [0.3, 0.4) is 0 Å². The van der Waals surface area contributed by atoms with Crippen molar-refractivity contribution in [3.05, 3.63) is 68.5 Å². The molecule has 0 aliphatic carbocycles. The van der Waals surface area contributed by atoms with Gasteiger partial charge in [-0.1, -0.05) is 36.5 Å². The number of anilines is 1. The Bertz CT molecular complexity index is 1380. The van der Waals surface area contributed by atoms with Crippen molar-refractivity contribution in [2.24, 2.45) is 0 Å². The second-order valence-corrected chi connectivity index (χ2v) is 10.3. The molecule has 2 aromatic carbocycles. The fourth-order valence-corrected chi connectivity index (χ4v) is 6.29. The zero-order chi connectivity index (χ0) is 21.2. The maximum absolute atomic E-state index is 13.1. The van der Waals surface area contributed by atoms with Gasteiger partial charge in [0.1, 0.15) is 0 Å². The van der Waals surface area contributed by atoms with E-state index in [-0.39, 0.29) is 11.1 Å². The van der Waals surface area contributed by atoms with Crippen molar-refractivity contribution >= 4 is 39.1 Å². The first-order valence-electron chi connectivity index (χ1n) is 10.6. The number of hydrogen-bond acceptors (Lipinski definition) is 4. The molecule has 1 atom stereocenters. The van der Waals surface area contributed by atoms with Crippen LogP contribution < -0.4 is 15.0 Å². The van der Waals surface area contributed by atoms with Crippen molar-refractivity contribution in [2.45, 2.75) is 58.5 Å². The van der Waals surface area contributed by atoms with Crippen molar-refractivity contribution in [1.29, 1.82) is 0 Å². The van der Waals surface area contributed by atoms with Gasteiger partial charge in [-0.25, -0.2) is 9.38 Å². The van der Waals surface area contributed by atoms with E-state index in [2.05, 4.69) is 62.7 Å². The topological polar surface area (TPSA) is 37.6 Å². The molecule has 4 aromatic rings. The van der Waals surface area contributed by atoms with Gasteiger partial charge in [0.05, 0.1) is 15.6 Å². The van der Waals surface area contributed by atoms with Gasteiger partial charge in [-0.2, -0.15) is 0 Å². The van der Waals surface area contributed by atoms with Gasteiger partial charge in [0, 0.05) is 17.3 Å². The molecule has 0 saturated carbocycles. The number of thiazole rings is 1. The third-order valence-electron chi connectivity index (χ3n) is 6.26. The lowest BCUT2D eigenvalue weighted by Crippen LogP contribution is -2.51. The first-order valence-corrected chi connectivity index (χ1v) is 11.4. The zero-order valence-corrected chi connectivity index (χ0v) is 19.0. The van der Waals surface area contributed by atoms with Gasteiger partial charge in [-0.15, -0.1) is 0 Å². The van der Waals surface area contributed by atoms with Gasteiger partial charge in [0.2, 0.25) is 0 Å². The Kier molecular flexibility index (Phi) is 4.30. The number of rotatable bonds is 2. The van der Waals surface area contributed by atoms with Crippen molar-refractivity contribution in [1.82, 2.24) is 9.38 Å². The lowest BCUT2D eigenvalue weighted by molar-refractivity contribution is 0.356. The highest BCUT2D eigenvalue weighted by molar-refractivity contribution is 7.15. The average Bonchev–Trinajstić information content (AvgIpc) is 3.18. The van der Waals surface area contributed by atoms with Gasteiger partial charge in [-0.3, -0.25) is 4.79 Å². The molecule has 3 heterocycles. The van der Waals surface area contributed by atoms with Crippen LogP contribution in [0.25, 0.3) is 22.1 Å². The normalized spacial score (nSPS) is 19.2. The van der Waals surface area contributed by atoms with Crippen LogP contribution in [0.2, 0.25) is 0 Å². The van der Waals surface area contributed by atoms with E-state index in [1.807, 2.05) is 30.3 Å². The zero-order valence-electron chi connectivity index (χ0n) is 18.1. The monoisotopic (exact) mass is 417 g/mol. The molecule has 0 spiro atoms. The molecule has 2 aromatic heterocycles. The molecule has 5 heteroatoms. The Morgan fingerprint density at radius 3 is 2.73 bits per heavy atom. The molecule has 1 aliphatic heterocycles. The summed E-state index contributed by atoms with van der Waals surface area (Å²) in [5.74, 6) is 0.481. The first kappa shape index (κ1) is 19.3. The van der Waals surface area contributed by atoms with E-state index in [0.29, 0.717) is 12.0 Å². The van der Waals surface area contributed by atoms with Crippen LogP contribution in [-0.2, 0) is 0 Å². The second-order valence-electron chi connectivity index (χ2n) is 9.33. The van der Waals surface area contributed by atoms with E-state index in [1.165, 1.54) is 22.6 Å². The Hall–Kier alpha value is -2.66. The standard InChI is InChI=1S/C25H27N3OS/c1-15(2)28-20-11-10-17(12-18(20)16(3)14-25(28,4)5)13-22-23(29)27-21-9-7-6-8-19(21)26-24(27)30-22/h6-13,15-16H,14H2,1-5H3/b22-13-/t16-/m1/s1. The maximum Gasteiger partial charge on any atom is 0.274 e. The maximum atomic E-state index is 13.1. The molecule has 0 unspecified atom stereocenters. The number of benzene rings is 2. The molecule has 4 nitrogen and oxygen atoms in total. The van der Waals surface area contributed by atoms with E-state index in [9.17, 15) is 4.79 Å². The minimum absolute atomic E-state index is 0.0133. The predicted molar refractivity (Wildman–Crippen MR) is 127 cm³/mol. The SMILES string of the molecule is CC(C)N1c2ccc(/C=c3\sc4nc5ccccc5n4c3=O)cc2[C@H](C)CC1(C)C. The highest BCUT2D eigenvalue weighted by atomic mass is 32.1. The lowest BCUT2D eigenvalue weighted by Gasteiger charge is -2.50. The first-order chi connectivity index (χ1) is 14.3. The molecule has 0 N–H and O–H groups in total. The molecule has 30 heavy (non-hydrogen) atoms. The van der Waals surface area contributed by atoms with Crippen LogP contribution in [0.5, 0.6) is 0 Å². The van der Waals surface area contributed by atoms with Crippen molar-refractivity contribution < 1.29 is 0 Å². The van der Waals surface area contributed by atoms with E-state index in [1.54, 1.807) is 4.40 Å². The summed E-state index contributed by atoms with van der Waals surface area (Å²) in [6.45, 7) is 11.5. The molecule has 0 saturated heterocycles. The summed E-state index contributed by atoms with van der Waals surface area (Å²) in [4.78, 5) is 21.0. The smallest absolute Gasteiger partial charge is 0.274 e. The average molecular weight is 418 g/mol. The van der Waals surface area contributed by atoms with Crippen molar-refractivity contribution in [2.75, 3.05) is 4.90 Å². The summed E-state index contributed by atoms with van der Waals surface area (Å²) in [6, 6.07) is 14.9. The fourth-order valence-electron chi connectivity index (χ4n) is 5.30. The molecule has 1 aliphatic rings. The van der Waals surface area contributed by atoms with Crippen LogP contribution in [0, 0.1) is 0 Å². The summed E-state index contributed by atoms with van der Waals surface area (Å²) >= 11 is 1.46. The minimum Gasteiger partial charge on any atom is -0.364 e. The Labute approximate surface area is 180 Å². The number of aromatic nitrogens is 2. The Morgan fingerprint density at radius 1 is 1.20 bits per heavy atom. The van der Waals surface area contributed by atoms with Crippen LogP contribution in [0.4, 0.5) is 5.69 Å². The quantitative estimate of drug-likeness (QED) is 0.463. The molecule has 0 bridgehead atoms. The number of fused-ring (bicyclic) bond motifs is 4. The van der Waals surface area contributed by atoms with E-state index < -0.39 is 0 Å². The number of nitrogens with zero attached hydrogens (tertiary/aromatic N) is 3. The van der Waals surface area contributed by atoms with Gasteiger partial charge >= 0.3 is 0 Å². The molecule has 0 amide bonds. The highest BCUT2D eigenvalue weighted by Crippen LogP contribution is 2.44. The van der Waals surface area contributed by atoms with E-state index in [4.69, 9.17) is 0 Å². The summed E-state index contributed by atoms with van der Waals surface area (Å²) in [5, 5.41) is 0. The van der Waals surface area contributed by atoms with E-state index >= 15 is 0 Å². The van der Waals surface area contributed by atoms with Gasteiger partial charge in [-0.05, 0) is 81.5 Å². The minimum atomic E-state index is 0.0133. The molecule has 154 valence electrons. The number of hydrogen-bond donors (Lipinski definition) is 0. The van der Waals surface area contributed by atoms with Crippen LogP contribution in [-0.4, -0.2) is 21.0 Å². The molecular formula is C25H27N3OS. The predicted octanol–water partition coefficient (Wildman–Crippen LogP) is 4.96. The largest absolute Gasteiger partial charge is 0.364 e. The fraction of sp³-hybridized carbons (Fsp3) is 0.360. The Morgan fingerprint density at radius 2 is 1.97 bits per heavy atom. The summed E-state index contributed by atoms with van der Waals surface area (Å²) < 4.78 is 2.46. The third-order valence-corrected chi connectivity index (χ3v) is 7.23. The second kappa shape index (κ2) is 6.67. The highest BCUT2D eigenvalue weighted by Gasteiger charge is 2.37. The van der Waals surface area contributed by atoms with Gasteiger partial charge < -0.3 is 4.90 Å². The van der Waals surface area contributed by atoms with Crippen molar-refractivity contribution in [3.8, 4) is 0 Å². The van der Waals surface area contributed by atoms with Crippen molar-refractivity contribution in [3.63, 3.8) is 0 Å². The van der Waals surface area contributed by atoms with Gasteiger partial charge in [0.15, 0.2) is 4.96 Å². The molecule has 0 fully saturated rings. The third kappa shape index (κ3) is 2.87. The number of para-hydroxylation sites is 2. The van der Waals surface area contributed by atoms with Crippen LogP contribution in [0.15, 0.2) is 47.3 Å².